The maximum Gasteiger partial charge on any atom is 0.305 e. The van der Waals surface area contributed by atoms with Crippen LogP contribution in [-0.2, 0) is 6.54 Å². The van der Waals surface area contributed by atoms with Gasteiger partial charge < -0.3 is 5.32 Å². The minimum absolute atomic E-state index is 0.0406. The van der Waals surface area contributed by atoms with E-state index in [1.807, 2.05) is 13.0 Å². The first-order chi connectivity index (χ1) is 9.99. The van der Waals surface area contributed by atoms with Crippen LogP contribution in [0.3, 0.4) is 0 Å². The summed E-state index contributed by atoms with van der Waals surface area (Å²) < 4.78 is 26.9. The van der Waals surface area contributed by atoms with E-state index >= 15 is 0 Å². The summed E-state index contributed by atoms with van der Waals surface area (Å²) in [7, 11) is 0. The molecule has 0 saturated carbocycles. The van der Waals surface area contributed by atoms with Crippen molar-refractivity contribution in [2.45, 2.75) is 19.5 Å². The Kier molecular flexibility index (Phi) is 4.54. The third kappa shape index (κ3) is 3.57. The van der Waals surface area contributed by atoms with Crippen LogP contribution in [-0.4, -0.2) is 9.91 Å². The first-order valence-corrected chi connectivity index (χ1v) is 6.24. The molecule has 0 radical (unpaired) electrons. The van der Waals surface area contributed by atoms with Crippen LogP contribution < -0.4 is 5.32 Å². The van der Waals surface area contributed by atoms with E-state index in [4.69, 9.17) is 0 Å². The molecule has 0 bridgehead atoms. The molecule has 2 aromatic rings. The van der Waals surface area contributed by atoms with Gasteiger partial charge in [0.15, 0.2) is 0 Å². The zero-order chi connectivity index (χ0) is 15.4. The van der Waals surface area contributed by atoms with Crippen molar-refractivity contribution < 1.29 is 13.7 Å². The lowest BCUT2D eigenvalue weighted by atomic mass is 10.1. The molecule has 1 heterocycles. The molecule has 2 rings (SSSR count). The number of nitrogens with one attached hydrogen (secondary N) is 1. The number of benzene rings is 1. The monoisotopic (exact) mass is 293 g/mol. The molecule has 1 atom stereocenters. The molecule has 1 N–H and O–H groups in total. The summed E-state index contributed by atoms with van der Waals surface area (Å²) in [5, 5.41) is 13.7. The first kappa shape index (κ1) is 15.0. The largest absolute Gasteiger partial charge is 0.306 e. The molecule has 21 heavy (non-hydrogen) atoms. The van der Waals surface area contributed by atoms with Gasteiger partial charge in [0.1, 0.15) is 5.82 Å². The van der Waals surface area contributed by atoms with E-state index in [0.29, 0.717) is 6.07 Å². The van der Waals surface area contributed by atoms with E-state index in [1.54, 1.807) is 18.5 Å². The Morgan fingerprint density at radius 2 is 2.14 bits per heavy atom. The second-order valence-electron chi connectivity index (χ2n) is 4.54. The van der Waals surface area contributed by atoms with Gasteiger partial charge in [-0.2, -0.15) is 4.39 Å². The molecule has 5 nitrogen and oxygen atoms in total. The van der Waals surface area contributed by atoms with Crippen molar-refractivity contribution >= 4 is 5.69 Å². The maximum atomic E-state index is 13.6. The van der Waals surface area contributed by atoms with Gasteiger partial charge in [-0.3, -0.25) is 15.1 Å². The number of rotatable bonds is 5. The van der Waals surface area contributed by atoms with E-state index < -0.39 is 22.2 Å². The summed E-state index contributed by atoms with van der Waals surface area (Å²) >= 11 is 0. The molecule has 0 unspecified atom stereocenters. The average Bonchev–Trinajstić information content (AvgIpc) is 2.46. The number of aromatic nitrogens is 1. The van der Waals surface area contributed by atoms with Crippen molar-refractivity contribution in [3.8, 4) is 0 Å². The Hall–Kier alpha value is -2.41. The van der Waals surface area contributed by atoms with Crippen molar-refractivity contribution in [2.24, 2.45) is 0 Å². The second kappa shape index (κ2) is 6.36. The molecule has 7 heteroatoms. The van der Waals surface area contributed by atoms with Crippen molar-refractivity contribution in [1.29, 1.82) is 0 Å². The summed E-state index contributed by atoms with van der Waals surface area (Å²) in [4.78, 5) is 13.8. The lowest BCUT2D eigenvalue weighted by Gasteiger charge is -2.14. The first-order valence-electron chi connectivity index (χ1n) is 6.24. The summed E-state index contributed by atoms with van der Waals surface area (Å²) in [6.45, 7) is 1.90. The fourth-order valence-electron chi connectivity index (χ4n) is 1.87. The number of pyridine rings is 1. The van der Waals surface area contributed by atoms with Crippen molar-refractivity contribution in [3.63, 3.8) is 0 Å². The predicted octanol–water partition coefficient (Wildman–Crippen LogP) is 3.12. The number of halogens is 2. The Balaban J connectivity index is 2.13. The highest BCUT2D eigenvalue weighted by molar-refractivity contribution is 5.37. The van der Waals surface area contributed by atoms with E-state index in [-0.39, 0.29) is 18.2 Å². The number of nitro groups is 1. The summed E-state index contributed by atoms with van der Waals surface area (Å²) in [5.74, 6) is -1.99. The van der Waals surface area contributed by atoms with Crippen molar-refractivity contribution in [1.82, 2.24) is 10.3 Å². The quantitative estimate of drug-likeness (QED) is 0.679. The lowest BCUT2D eigenvalue weighted by Crippen LogP contribution is -2.19. The smallest absolute Gasteiger partial charge is 0.305 e. The molecule has 0 fully saturated rings. The average molecular weight is 293 g/mol. The minimum atomic E-state index is -1.18. The lowest BCUT2D eigenvalue weighted by molar-refractivity contribution is -0.387. The van der Waals surface area contributed by atoms with Crippen molar-refractivity contribution in [2.75, 3.05) is 0 Å². The van der Waals surface area contributed by atoms with E-state index in [1.165, 1.54) is 0 Å². The van der Waals surface area contributed by atoms with Crippen LogP contribution in [0, 0.1) is 21.7 Å². The summed E-state index contributed by atoms with van der Waals surface area (Å²) in [6.07, 6.45) is 3.31. The molecule has 110 valence electrons. The number of hydrogen-bond donors (Lipinski definition) is 1. The molecule has 0 spiro atoms. The Labute approximate surface area is 119 Å². The van der Waals surface area contributed by atoms with Gasteiger partial charge in [-0.15, -0.1) is 0 Å². The standard InChI is InChI=1S/C14H13F2N3O2/c1-9(10-3-2-4-17-7-10)18-8-11-5-14(19(20)21)13(16)6-12(11)15/h2-7,9,18H,8H2,1H3/t9-/m0/s1. The van der Waals surface area contributed by atoms with E-state index in [0.717, 1.165) is 11.6 Å². The molecule has 0 aliphatic rings. The number of nitrogens with zero attached hydrogens (tertiary/aromatic N) is 2. The fourth-order valence-corrected chi connectivity index (χ4v) is 1.87. The summed E-state index contributed by atoms with van der Waals surface area (Å²) in [6, 6.07) is 4.95. The topological polar surface area (TPSA) is 68.1 Å². The van der Waals surface area contributed by atoms with Crippen LogP contribution in [0.5, 0.6) is 0 Å². The van der Waals surface area contributed by atoms with Crippen LogP contribution in [0.1, 0.15) is 24.1 Å². The number of hydrogen-bond acceptors (Lipinski definition) is 4. The maximum absolute atomic E-state index is 13.6. The van der Waals surface area contributed by atoms with Gasteiger partial charge in [0.05, 0.1) is 4.92 Å². The highest BCUT2D eigenvalue weighted by Crippen LogP contribution is 2.22. The van der Waals surface area contributed by atoms with Crippen molar-refractivity contribution in [3.05, 3.63) is 69.5 Å². The molecule has 0 saturated heterocycles. The van der Waals surface area contributed by atoms with Crippen LogP contribution in [0.25, 0.3) is 0 Å². The Bertz CT molecular complexity index is 650. The van der Waals surface area contributed by atoms with E-state index in [9.17, 15) is 18.9 Å². The molecular weight excluding hydrogens is 280 g/mol. The van der Waals surface area contributed by atoms with Gasteiger partial charge in [0.2, 0.25) is 5.82 Å². The number of nitro benzene ring substituents is 1. The van der Waals surface area contributed by atoms with Crippen LogP contribution in [0.15, 0.2) is 36.7 Å². The third-order valence-electron chi connectivity index (χ3n) is 3.10. The Morgan fingerprint density at radius 3 is 2.76 bits per heavy atom. The highest BCUT2D eigenvalue weighted by atomic mass is 19.1. The van der Waals surface area contributed by atoms with Gasteiger partial charge >= 0.3 is 5.69 Å². The predicted molar refractivity (Wildman–Crippen MR) is 72.5 cm³/mol. The third-order valence-corrected chi connectivity index (χ3v) is 3.10. The van der Waals surface area contributed by atoms with E-state index in [2.05, 4.69) is 10.3 Å². The summed E-state index contributed by atoms with van der Waals surface area (Å²) in [5.41, 5.74) is 0.204. The zero-order valence-electron chi connectivity index (χ0n) is 11.2. The van der Waals surface area contributed by atoms with Gasteiger partial charge in [0, 0.05) is 42.7 Å². The minimum Gasteiger partial charge on any atom is -0.306 e. The van der Waals surface area contributed by atoms with Gasteiger partial charge in [-0.05, 0) is 18.6 Å². The molecule has 1 aromatic heterocycles. The zero-order valence-corrected chi connectivity index (χ0v) is 11.2. The fraction of sp³-hybridized carbons (Fsp3) is 0.214. The van der Waals surface area contributed by atoms with Crippen LogP contribution in [0.4, 0.5) is 14.5 Å². The highest BCUT2D eigenvalue weighted by Gasteiger charge is 2.18. The second-order valence-corrected chi connectivity index (χ2v) is 4.54. The van der Waals surface area contributed by atoms with Crippen LogP contribution >= 0.6 is 0 Å². The molecule has 1 aromatic carbocycles. The molecule has 0 aliphatic heterocycles. The normalized spacial score (nSPS) is 12.1. The molecule has 0 amide bonds. The molecule has 0 aliphatic carbocycles. The van der Waals surface area contributed by atoms with Crippen LogP contribution in [0.2, 0.25) is 0 Å². The molecular formula is C14H13F2N3O2. The van der Waals surface area contributed by atoms with Gasteiger partial charge in [-0.25, -0.2) is 4.39 Å². The van der Waals surface area contributed by atoms with Gasteiger partial charge in [0.25, 0.3) is 0 Å². The SMILES string of the molecule is C[C@H](NCc1cc([N+](=O)[O-])c(F)cc1F)c1cccnc1. The van der Waals surface area contributed by atoms with Gasteiger partial charge in [-0.1, -0.05) is 6.07 Å². The Morgan fingerprint density at radius 1 is 1.38 bits per heavy atom.